The van der Waals surface area contributed by atoms with Gasteiger partial charge in [-0.2, -0.15) is 4.98 Å². The van der Waals surface area contributed by atoms with Crippen LogP contribution in [0.25, 0.3) is 16.9 Å². The van der Waals surface area contributed by atoms with Crippen molar-refractivity contribution in [2.75, 3.05) is 18.4 Å². The van der Waals surface area contributed by atoms with Crippen LogP contribution in [0.4, 0.5) is 5.82 Å². The lowest BCUT2D eigenvalue weighted by Crippen LogP contribution is -2.29. The molecule has 0 unspecified atom stereocenters. The second kappa shape index (κ2) is 9.65. The smallest absolute Gasteiger partial charge is 0.252 e. The summed E-state index contributed by atoms with van der Waals surface area (Å²) in [6.45, 7) is 3.59. The number of carbonyl (C=O) groups excluding carboxylic acids is 1. The van der Waals surface area contributed by atoms with Crippen LogP contribution in [0.3, 0.4) is 0 Å². The van der Waals surface area contributed by atoms with Crippen LogP contribution in [-0.4, -0.2) is 33.5 Å². The summed E-state index contributed by atoms with van der Waals surface area (Å²) in [6, 6.07) is 18.2. The largest absolute Gasteiger partial charge is 0.366 e. The quantitative estimate of drug-likeness (QED) is 0.393. The maximum atomic E-state index is 12.7. The fraction of sp³-hybridized carbons (Fsp3) is 0.296. The monoisotopic (exact) mass is 454 g/mol. The molecule has 0 saturated heterocycles. The molecule has 174 valence electrons. The predicted octanol–water partition coefficient (Wildman–Crippen LogP) is 3.91. The number of hydrogen-bond donors (Lipinski definition) is 3. The number of hydrogen-bond acceptors (Lipinski definition) is 5. The zero-order chi connectivity index (χ0) is 23.5. The second-order valence-corrected chi connectivity index (χ2v) is 8.75. The van der Waals surface area contributed by atoms with Crippen LogP contribution < -0.4 is 16.4 Å². The topological polar surface area (TPSA) is 97.9 Å². The lowest BCUT2D eigenvalue weighted by atomic mass is 9.96. The number of amides is 1. The van der Waals surface area contributed by atoms with E-state index < -0.39 is 0 Å². The number of nitrogens with zero attached hydrogens (tertiary/aromatic N) is 3. The molecule has 0 spiro atoms. The van der Waals surface area contributed by atoms with Gasteiger partial charge in [-0.3, -0.25) is 9.36 Å². The fourth-order valence-electron chi connectivity index (χ4n) is 4.72. The van der Waals surface area contributed by atoms with Gasteiger partial charge < -0.3 is 16.4 Å². The first-order valence-electron chi connectivity index (χ1n) is 11.9. The molecule has 0 fully saturated rings. The molecule has 7 heteroatoms. The van der Waals surface area contributed by atoms with Crippen LogP contribution in [0.1, 0.15) is 45.7 Å². The molecule has 0 radical (unpaired) electrons. The highest BCUT2D eigenvalue weighted by atomic mass is 16.1. The molecule has 0 aliphatic heterocycles. The lowest BCUT2D eigenvalue weighted by Gasteiger charge is -2.21. The predicted molar refractivity (Wildman–Crippen MR) is 135 cm³/mol. The van der Waals surface area contributed by atoms with E-state index in [0.717, 1.165) is 53.8 Å². The number of fused-ring (bicyclic) bond motifs is 2. The summed E-state index contributed by atoms with van der Waals surface area (Å²) in [5.74, 6) is 1.43. The fourth-order valence-corrected chi connectivity index (χ4v) is 4.72. The number of anilines is 1. The van der Waals surface area contributed by atoms with Gasteiger partial charge in [-0.15, -0.1) is 0 Å². The maximum Gasteiger partial charge on any atom is 0.252 e. The molecule has 1 aliphatic rings. The number of carbonyl (C=O) groups is 1. The molecule has 1 amide bonds. The minimum Gasteiger partial charge on any atom is -0.366 e. The molecule has 0 saturated carbocycles. The van der Waals surface area contributed by atoms with E-state index in [4.69, 9.17) is 15.7 Å². The third-order valence-electron chi connectivity index (χ3n) is 6.38. The van der Waals surface area contributed by atoms with Gasteiger partial charge in [0.25, 0.3) is 5.91 Å². The molecule has 2 aromatic carbocycles. The Balaban J connectivity index is 1.57. The molecular formula is C27H30N6O. The Bertz CT molecular complexity index is 1330. The van der Waals surface area contributed by atoms with E-state index in [1.165, 1.54) is 11.1 Å². The summed E-state index contributed by atoms with van der Waals surface area (Å²) < 4.78 is 2.05. The minimum absolute atomic E-state index is 0.121. The van der Waals surface area contributed by atoms with Gasteiger partial charge in [0.1, 0.15) is 5.82 Å². The Morgan fingerprint density at radius 3 is 2.71 bits per heavy atom. The molecule has 2 aromatic heterocycles. The summed E-state index contributed by atoms with van der Waals surface area (Å²) in [4.78, 5) is 22.7. The molecule has 2 heterocycles. The number of aryl methyl sites for hydroxylation is 2. The van der Waals surface area contributed by atoms with Gasteiger partial charge in [-0.25, -0.2) is 4.98 Å². The molecule has 4 aromatic rings. The van der Waals surface area contributed by atoms with Crippen molar-refractivity contribution < 1.29 is 4.79 Å². The molecule has 1 aliphatic carbocycles. The van der Waals surface area contributed by atoms with Crippen LogP contribution in [-0.2, 0) is 19.4 Å². The Kier molecular flexibility index (Phi) is 6.27. The van der Waals surface area contributed by atoms with E-state index in [1.54, 1.807) is 0 Å². The summed E-state index contributed by atoms with van der Waals surface area (Å²) in [5, 5.41) is 7.33. The lowest BCUT2D eigenvalue weighted by molar-refractivity contribution is 0.0956. The summed E-state index contributed by atoms with van der Waals surface area (Å²) in [6.07, 6.45) is 4.24. The summed E-state index contributed by atoms with van der Waals surface area (Å²) in [7, 11) is 0. The Morgan fingerprint density at radius 2 is 1.88 bits per heavy atom. The Labute approximate surface area is 199 Å². The first-order valence-corrected chi connectivity index (χ1v) is 11.9. The van der Waals surface area contributed by atoms with Crippen molar-refractivity contribution in [3.8, 4) is 5.95 Å². The number of rotatable bonds is 7. The van der Waals surface area contributed by atoms with Gasteiger partial charge in [-0.1, -0.05) is 36.4 Å². The first-order chi connectivity index (χ1) is 16.7. The summed E-state index contributed by atoms with van der Waals surface area (Å²) in [5.41, 5.74) is 11.6. The van der Waals surface area contributed by atoms with E-state index >= 15 is 0 Å². The van der Waals surface area contributed by atoms with E-state index in [9.17, 15) is 4.79 Å². The van der Waals surface area contributed by atoms with Crippen molar-refractivity contribution in [1.29, 1.82) is 0 Å². The molecule has 34 heavy (non-hydrogen) atoms. The average Bonchev–Trinajstić information content (AvgIpc) is 3.22. The van der Waals surface area contributed by atoms with Crippen LogP contribution in [0.15, 0.2) is 54.6 Å². The highest BCUT2D eigenvalue weighted by molar-refractivity contribution is 6.07. The van der Waals surface area contributed by atoms with Crippen molar-refractivity contribution in [3.63, 3.8) is 0 Å². The van der Waals surface area contributed by atoms with Gasteiger partial charge in [0.2, 0.25) is 5.95 Å². The van der Waals surface area contributed by atoms with Crippen molar-refractivity contribution in [2.24, 2.45) is 5.73 Å². The molecular weight excluding hydrogens is 424 g/mol. The number of nitrogens with one attached hydrogen (secondary N) is 2. The average molecular weight is 455 g/mol. The normalized spacial score (nSPS) is 13.0. The number of benzene rings is 2. The van der Waals surface area contributed by atoms with Gasteiger partial charge in [0.05, 0.1) is 11.2 Å². The van der Waals surface area contributed by atoms with Gasteiger partial charge in [-0.05, 0) is 56.4 Å². The van der Waals surface area contributed by atoms with Crippen molar-refractivity contribution in [3.05, 3.63) is 82.7 Å². The van der Waals surface area contributed by atoms with Crippen molar-refractivity contribution >= 4 is 22.6 Å². The number of nitrogens with two attached hydrogens (primary N) is 1. The number of aromatic nitrogens is 3. The zero-order valence-electron chi connectivity index (χ0n) is 19.5. The third-order valence-corrected chi connectivity index (χ3v) is 6.38. The summed E-state index contributed by atoms with van der Waals surface area (Å²) >= 11 is 0. The molecule has 7 nitrogen and oxygen atoms in total. The molecule has 0 atom stereocenters. The van der Waals surface area contributed by atoms with Gasteiger partial charge in [0, 0.05) is 41.8 Å². The molecule has 0 bridgehead atoms. The zero-order valence-corrected chi connectivity index (χ0v) is 19.5. The molecule has 5 rings (SSSR count). The maximum absolute atomic E-state index is 12.7. The van der Waals surface area contributed by atoms with Crippen LogP contribution in [0.2, 0.25) is 0 Å². The van der Waals surface area contributed by atoms with E-state index in [2.05, 4.69) is 39.5 Å². The third kappa shape index (κ3) is 4.26. The Morgan fingerprint density at radius 1 is 1.06 bits per heavy atom. The highest BCUT2D eigenvalue weighted by Crippen LogP contribution is 2.30. The van der Waals surface area contributed by atoms with Crippen LogP contribution in [0, 0.1) is 6.92 Å². The van der Waals surface area contributed by atoms with E-state index in [1.807, 2.05) is 37.3 Å². The second-order valence-electron chi connectivity index (χ2n) is 8.75. The van der Waals surface area contributed by atoms with E-state index in [-0.39, 0.29) is 5.91 Å². The van der Waals surface area contributed by atoms with Gasteiger partial charge in [0.15, 0.2) is 0 Å². The van der Waals surface area contributed by atoms with Crippen LogP contribution in [0.5, 0.6) is 0 Å². The SMILES string of the molecule is Cc1cc2c(C(=O)NCCN)cccc2n1-c1nc2c(c(NCc3ccccc3)n1)CCCC2. The minimum atomic E-state index is -0.121. The first kappa shape index (κ1) is 22.1. The van der Waals surface area contributed by atoms with E-state index in [0.29, 0.717) is 31.1 Å². The highest BCUT2D eigenvalue weighted by Gasteiger charge is 2.21. The Hall–Kier alpha value is -3.71. The van der Waals surface area contributed by atoms with Crippen molar-refractivity contribution in [2.45, 2.75) is 39.2 Å². The standard InChI is InChI=1S/C27H30N6O/c1-18-16-22-20(26(34)29-15-14-28)11-7-13-24(22)33(18)27-31-23-12-6-5-10-21(23)25(32-27)30-17-19-8-3-2-4-9-19/h2-4,7-9,11,13,16H,5-6,10,12,14-15,17,28H2,1H3,(H,29,34)(H,30,31,32). The van der Waals surface area contributed by atoms with Crippen LogP contribution >= 0.6 is 0 Å². The van der Waals surface area contributed by atoms with Crippen molar-refractivity contribution in [1.82, 2.24) is 19.9 Å². The van der Waals surface area contributed by atoms with Gasteiger partial charge >= 0.3 is 0 Å². The molecule has 4 N–H and O–H groups in total.